The summed E-state index contributed by atoms with van der Waals surface area (Å²) in [5.41, 5.74) is 1.62. The number of imide groups is 1. The normalized spacial score (nSPS) is 29.9. The third-order valence-corrected chi connectivity index (χ3v) is 8.35. The highest BCUT2D eigenvalue weighted by Gasteiger charge is 2.52. The summed E-state index contributed by atoms with van der Waals surface area (Å²) in [6.45, 7) is 2.81. The molecule has 1 atom stereocenters. The topological polar surface area (TPSA) is 119 Å². The van der Waals surface area contributed by atoms with Crippen LogP contribution >= 0.6 is 0 Å². The van der Waals surface area contributed by atoms with E-state index in [0.717, 1.165) is 24.3 Å². The highest BCUT2D eigenvalue weighted by molar-refractivity contribution is 7.91. The zero-order valence-electron chi connectivity index (χ0n) is 16.6. The molecule has 10 nitrogen and oxygen atoms in total. The van der Waals surface area contributed by atoms with Gasteiger partial charge in [-0.25, -0.2) is 13.2 Å². The molecule has 4 rings (SSSR count). The second-order valence-corrected chi connectivity index (χ2v) is 10.8. The Balaban J connectivity index is 1.25. The number of hydrogen-bond acceptors (Lipinski definition) is 7. The molecule has 0 radical (unpaired) electrons. The number of piperazine rings is 1. The molecule has 0 aromatic heterocycles. The molecule has 1 saturated carbocycles. The fourth-order valence-corrected chi connectivity index (χ4v) is 6.69. The van der Waals surface area contributed by atoms with Crippen LogP contribution in [0.4, 0.5) is 4.79 Å². The van der Waals surface area contributed by atoms with Crippen molar-refractivity contribution in [3.63, 3.8) is 0 Å². The molecule has 3 aliphatic heterocycles. The lowest BCUT2D eigenvalue weighted by atomic mass is 9.82. The minimum absolute atomic E-state index is 0.0774. The van der Waals surface area contributed by atoms with E-state index >= 15 is 0 Å². The third kappa shape index (κ3) is 4.26. The fraction of sp³-hybridized carbons (Fsp3) is 0.833. The van der Waals surface area contributed by atoms with E-state index in [-0.39, 0.29) is 30.0 Å². The Labute approximate surface area is 170 Å². The van der Waals surface area contributed by atoms with Gasteiger partial charge in [0.15, 0.2) is 9.84 Å². The summed E-state index contributed by atoms with van der Waals surface area (Å²) < 4.78 is 23.3. The van der Waals surface area contributed by atoms with Crippen molar-refractivity contribution >= 4 is 27.7 Å². The molecule has 4 fully saturated rings. The van der Waals surface area contributed by atoms with Crippen molar-refractivity contribution in [1.82, 2.24) is 25.6 Å². The van der Waals surface area contributed by atoms with E-state index in [0.29, 0.717) is 45.4 Å². The van der Waals surface area contributed by atoms with E-state index in [1.807, 2.05) is 4.90 Å². The van der Waals surface area contributed by atoms with Gasteiger partial charge in [-0.05, 0) is 19.3 Å². The molecule has 29 heavy (non-hydrogen) atoms. The lowest BCUT2D eigenvalue weighted by Gasteiger charge is -2.37. The number of sulfone groups is 1. The number of carbonyl (C=O) groups is 3. The lowest BCUT2D eigenvalue weighted by molar-refractivity contribution is -0.140. The SMILES string of the molecule is O=C(CN1CCN([C@H]2CCS(=O)(=O)C2)CC1)NN1C(=O)NC2(CCCCC2)C1=O. The molecule has 3 saturated heterocycles. The van der Waals surface area contributed by atoms with Gasteiger partial charge in [0, 0.05) is 32.2 Å². The van der Waals surface area contributed by atoms with Gasteiger partial charge in [0.25, 0.3) is 11.8 Å². The van der Waals surface area contributed by atoms with Gasteiger partial charge in [-0.2, -0.15) is 5.01 Å². The van der Waals surface area contributed by atoms with Crippen LogP contribution < -0.4 is 10.7 Å². The van der Waals surface area contributed by atoms with Crippen LogP contribution in [0.3, 0.4) is 0 Å². The molecule has 162 valence electrons. The summed E-state index contributed by atoms with van der Waals surface area (Å²) in [7, 11) is -2.91. The maximum absolute atomic E-state index is 12.7. The van der Waals surface area contributed by atoms with Crippen LogP contribution in [0, 0.1) is 0 Å². The van der Waals surface area contributed by atoms with E-state index < -0.39 is 27.3 Å². The molecular formula is C18H29N5O5S. The Morgan fingerprint density at radius 3 is 2.41 bits per heavy atom. The van der Waals surface area contributed by atoms with Gasteiger partial charge in [-0.1, -0.05) is 19.3 Å². The molecule has 2 N–H and O–H groups in total. The third-order valence-electron chi connectivity index (χ3n) is 6.60. The van der Waals surface area contributed by atoms with Gasteiger partial charge in [-0.3, -0.25) is 24.8 Å². The van der Waals surface area contributed by atoms with Gasteiger partial charge < -0.3 is 5.32 Å². The zero-order valence-corrected chi connectivity index (χ0v) is 17.4. The van der Waals surface area contributed by atoms with E-state index in [4.69, 9.17) is 0 Å². The Kier molecular flexibility index (Phi) is 5.56. The van der Waals surface area contributed by atoms with Crippen LogP contribution in [0.15, 0.2) is 0 Å². The van der Waals surface area contributed by atoms with Gasteiger partial charge in [0.05, 0.1) is 18.1 Å². The zero-order chi connectivity index (χ0) is 20.6. The number of amides is 4. The summed E-state index contributed by atoms with van der Waals surface area (Å²) in [5, 5.41) is 3.62. The van der Waals surface area contributed by atoms with Crippen LogP contribution in [0.5, 0.6) is 0 Å². The van der Waals surface area contributed by atoms with Crippen molar-refractivity contribution in [2.75, 3.05) is 44.2 Å². The fourth-order valence-electron chi connectivity index (χ4n) is 4.93. The Morgan fingerprint density at radius 2 is 1.79 bits per heavy atom. The van der Waals surface area contributed by atoms with Crippen LogP contribution in [-0.4, -0.2) is 96.9 Å². The molecule has 0 bridgehead atoms. The second-order valence-electron chi connectivity index (χ2n) is 8.62. The summed E-state index contributed by atoms with van der Waals surface area (Å²) in [5.74, 6) is -0.268. The molecule has 1 aliphatic carbocycles. The van der Waals surface area contributed by atoms with Crippen molar-refractivity contribution < 1.29 is 22.8 Å². The quantitative estimate of drug-likeness (QED) is 0.557. The average Bonchev–Trinajstić information content (AvgIpc) is 3.15. The number of hydrogen-bond donors (Lipinski definition) is 2. The smallest absolute Gasteiger partial charge is 0.322 e. The first-order valence-electron chi connectivity index (χ1n) is 10.4. The van der Waals surface area contributed by atoms with Crippen molar-refractivity contribution in [3.05, 3.63) is 0 Å². The van der Waals surface area contributed by atoms with E-state index in [2.05, 4.69) is 15.6 Å². The first-order chi connectivity index (χ1) is 13.8. The monoisotopic (exact) mass is 427 g/mol. The van der Waals surface area contributed by atoms with Gasteiger partial charge in [-0.15, -0.1) is 0 Å². The van der Waals surface area contributed by atoms with Crippen molar-refractivity contribution in [1.29, 1.82) is 0 Å². The van der Waals surface area contributed by atoms with Crippen LogP contribution in [-0.2, 0) is 19.4 Å². The first-order valence-corrected chi connectivity index (χ1v) is 12.2. The van der Waals surface area contributed by atoms with Crippen molar-refractivity contribution in [2.24, 2.45) is 0 Å². The lowest BCUT2D eigenvalue weighted by Crippen LogP contribution is -2.55. The number of hydrazine groups is 1. The van der Waals surface area contributed by atoms with Gasteiger partial charge in [0.1, 0.15) is 5.54 Å². The summed E-state index contributed by atoms with van der Waals surface area (Å²) in [6, 6.07) is -0.480. The van der Waals surface area contributed by atoms with Crippen LogP contribution in [0.2, 0.25) is 0 Å². The maximum Gasteiger partial charge on any atom is 0.344 e. The number of nitrogens with one attached hydrogen (secondary N) is 2. The first kappa shape index (κ1) is 20.5. The number of rotatable bonds is 4. The summed E-state index contributed by atoms with van der Waals surface area (Å²) in [6.07, 6.45) is 4.74. The molecule has 3 heterocycles. The molecule has 0 aromatic rings. The largest absolute Gasteiger partial charge is 0.344 e. The van der Waals surface area contributed by atoms with Crippen molar-refractivity contribution in [3.8, 4) is 0 Å². The van der Waals surface area contributed by atoms with Gasteiger partial charge >= 0.3 is 6.03 Å². The number of nitrogens with zero attached hydrogens (tertiary/aromatic N) is 3. The Bertz CT molecular complexity index is 786. The number of urea groups is 1. The van der Waals surface area contributed by atoms with Crippen molar-refractivity contribution in [2.45, 2.75) is 50.1 Å². The highest BCUT2D eigenvalue weighted by atomic mass is 32.2. The van der Waals surface area contributed by atoms with E-state index in [1.165, 1.54) is 0 Å². The molecule has 0 aromatic carbocycles. The molecule has 11 heteroatoms. The second kappa shape index (κ2) is 7.84. The average molecular weight is 428 g/mol. The summed E-state index contributed by atoms with van der Waals surface area (Å²) in [4.78, 5) is 41.5. The Hall–Kier alpha value is -1.72. The predicted molar refractivity (Wildman–Crippen MR) is 104 cm³/mol. The van der Waals surface area contributed by atoms with Gasteiger partial charge in [0.2, 0.25) is 0 Å². The minimum Gasteiger partial charge on any atom is -0.322 e. The minimum atomic E-state index is -2.91. The standard InChI is InChI=1S/C18H29N5O5S/c24-15(20-23-16(25)18(19-17(23)26)5-2-1-3-6-18)12-21-7-9-22(10-8-21)14-4-11-29(27,28)13-14/h14H,1-13H2,(H,19,26)(H,20,24)/t14-/m0/s1. The predicted octanol–water partition coefficient (Wildman–Crippen LogP) is -0.923. The molecule has 1 spiro atoms. The summed E-state index contributed by atoms with van der Waals surface area (Å²) >= 11 is 0. The molecule has 4 aliphatic rings. The highest BCUT2D eigenvalue weighted by Crippen LogP contribution is 2.33. The van der Waals surface area contributed by atoms with Crippen LogP contribution in [0.25, 0.3) is 0 Å². The van der Waals surface area contributed by atoms with E-state index in [1.54, 1.807) is 0 Å². The molecular weight excluding hydrogens is 398 g/mol. The van der Waals surface area contributed by atoms with Crippen LogP contribution in [0.1, 0.15) is 38.5 Å². The van der Waals surface area contributed by atoms with E-state index in [9.17, 15) is 22.8 Å². The molecule has 4 amide bonds. The maximum atomic E-state index is 12.7. The number of carbonyl (C=O) groups excluding carboxylic acids is 3. The molecule has 0 unspecified atom stereocenters. The Morgan fingerprint density at radius 1 is 1.10 bits per heavy atom.